The van der Waals surface area contributed by atoms with Crippen molar-refractivity contribution in [2.45, 2.75) is 118 Å². The Labute approximate surface area is 305 Å². The topological polar surface area (TPSA) is 168 Å². The van der Waals surface area contributed by atoms with E-state index in [4.69, 9.17) is 23.7 Å². The van der Waals surface area contributed by atoms with Crippen LogP contribution in [0, 0.1) is 0 Å². The fourth-order valence-electron chi connectivity index (χ4n) is 5.24. The number of esters is 4. The van der Waals surface area contributed by atoms with E-state index in [1.165, 1.54) is 0 Å². The minimum Gasteiger partial charge on any atom is -0.459 e. The van der Waals surface area contributed by atoms with Crippen molar-refractivity contribution >= 4 is 23.9 Å². The lowest BCUT2D eigenvalue weighted by Crippen LogP contribution is -2.55. The maximum Gasteiger partial charge on any atom is 0.332 e. The summed E-state index contributed by atoms with van der Waals surface area (Å²) in [6.07, 6.45) is -1.22. The number of nitrogens with zero attached hydrogens (tertiary/aromatic N) is 4. The van der Waals surface area contributed by atoms with Crippen LogP contribution < -0.4 is 0 Å². The summed E-state index contributed by atoms with van der Waals surface area (Å²) in [5, 5.41) is 21.0. The van der Waals surface area contributed by atoms with Gasteiger partial charge in [-0.3, -0.25) is 34.0 Å². The molecule has 0 aromatic heterocycles. The molecule has 51 heavy (non-hydrogen) atoms. The van der Waals surface area contributed by atoms with Crippen LogP contribution in [-0.2, 0) is 42.9 Å². The number of ether oxygens (including phenoxy) is 5. The van der Waals surface area contributed by atoms with E-state index in [-0.39, 0.29) is 38.8 Å². The number of aliphatic hydroxyl groups is 2. The molecule has 15 heteroatoms. The van der Waals surface area contributed by atoms with E-state index in [9.17, 15) is 29.4 Å². The van der Waals surface area contributed by atoms with Crippen molar-refractivity contribution < 1.29 is 53.1 Å². The lowest BCUT2D eigenvalue weighted by molar-refractivity contribution is -0.161. The van der Waals surface area contributed by atoms with Crippen LogP contribution in [0.2, 0.25) is 0 Å². The zero-order chi connectivity index (χ0) is 39.2. The molecule has 1 aliphatic rings. The number of carbonyl (C=O) groups excluding carboxylic acids is 4. The number of hydrogen-bond acceptors (Lipinski definition) is 15. The molecule has 0 radical (unpaired) electrons. The van der Waals surface area contributed by atoms with Crippen LogP contribution >= 0.6 is 0 Å². The first-order valence-electron chi connectivity index (χ1n) is 17.9. The summed E-state index contributed by atoms with van der Waals surface area (Å²) in [4.78, 5) is 59.0. The van der Waals surface area contributed by atoms with E-state index >= 15 is 0 Å². The second kappa shape index (κ2) is 20.7. The number of hydrogen-bond donors (Lipinski definition) is 2. The van der Waals surface area contributed by atoms with Gasteiger partial charge < -0.3 is 33.9 Å². The summed E-state index contributed by atoms with van der Waals surface area (Å²) in [7, 11) is 0. The van der Waals surface area contributed by atoms with Gasteiger partial charge in [0.2, 0.25) is 0 Å². The Morgan fingerprint density at radius 3 is 1.12 bits per heavy atom. The fourth-order valence-corrected chi connectivity index (χ4v) is 5.24. The molecule has 0 bridgehead atoms. The van der Waals surface area contributed by atoms with Crippen LogP contribution in [0.3, 0.4) is 0 Å². The molecule has 1 fully saturated rings. The molecule has 1 rings (SSSR count). The monoisotopic (exact) mass is 732 g/mol. The molecule has 1 saturated heterocycles. The number of carbonyl (C=O) groups is 4. The van der Waals surface area contributed by atoms with E-state index in [1.54, 1.807) is 62.3 Å². The molecule has 1 heterocycles. The van der Waals surface area contributed by atoms with Crippen LogP contribution in [-0.4, -0.2) is 180 Å². The van der Waals surface area contributed by atoms with E-state index in [0.29, 0.717) is 52.4 Å². The van der Waals surface area contributed by atoms with Gasteiger partial charge in [0.15, 0.2) is 0 Å². The highest BCUT2D eigenvalue weighted by atomic mass is 16.6. The standard InChI is InChI=1S/C36H68N4O11/c1-33(2,3)48-29(43)21-37-13-15-38(22-30(44)49-34(4,5)6)17-19-40(20-18-39(16-14-37)23-31(45)50-35(7,8)9)27(28(42)24-41)25-47-26-32(46)51-36(10,11)12/h27-28,41-42H,13-26H2,1-12H3/t27-,28-/m1/s1. The van der Waals surface area contributed by atoms with Crippen molar-refractivity contribution in [1.29, 1.82) is 0 Å². The maximum absolute atomic E-state index is 13.0. The zero-order valence-corrected chi connectivity index (χ0v) is 33.4. The Balaban J connectivity index is 3.41. The smallest absolute Gasteiger partial charge is 0.332 e. The van der Waals surface area contributed by atoms with Crippen molar-refractivity contribution in [1.82, 2.24) is 19.6 Å². The quantitative estimate of drug-likeness (QED) is 0.205. The van der Waals surface area contributed by atoms with E-state index < -0.39 is 59.1 Å². The molecule has 0 aromatic rings. The van der Waals surface area contributed by atoms with Crippen molar-refractivity contribution in [3.05, 3.63) is 0 Å². The van der Waals surface area contributed by atoms with Crippen molar-refractivity contribution in [3.8, 4) is 0 Å². The van der Waals surface area contributed by atoms with Crippen molar-refractivity contribution in [2.75, 3.05) is 91.8 Å². The molecule has 2 N–H and O–H groups in total. The van der Waals surface area contributed by atoms with Gasteiger partial charge in [-0.25, -0.2) is 4.79 Å². The van der Waals surface area contributed by atoms with Gasteiger partial charge in [0, 0.05) is 52.4 Å². The van der Waals surface area contributed by atoms with E-state index in [1.807, 2.05) is 40.4 Å². The van der Waals surface area contributed by atoms with E-state index in [2.05, 4.69) is 0 Å². The molecular weight excluding hydrogens is 664 g/mol. The summed E-state index contributed by atoms with van der Waals surface area (Å²) < 4.78 is 27.9. The summed E-state index contributed by atoms with van der Waals surface area (Å²) in [6.45, 7) is 23.4. The largest absolute Gasteiger partial charge is 0.459 e. The van der Waals surface area contributed by atoms with Gasteiger partial charge in [-0.05, 0) is 83.1 Å². The molecule has 0 saturated carbocycles. The third-order valence-electron chi connectivity index (χ3n) is 7.22. The van der Waals surface area contributed by atoms with Gasteiger partial charge in [-0.2, -0.15) is 0 Å². The molecule has 298 valence electrons. The van der Waals surface area contributed by atoms with Gasteiger partial charge in [-0.15, -0.1) is 0 Å². The van der Waals surface area contributed by atoms with Crippen LogP contribution in [0.4, 0.5) is 0 Å². The molecule has 0 amide bonds. The van der Waals surface area contributed by atoms with Gasteiger partial charge in [0.1, 0.15) is 29.0 Å². The molecule has 1 aliphatic heterocycles. The summed E-state index contributed by atoms with van der Waals surface area (Å²) in [5.74, 6) is -1.76. The molecule has 0 aliphatic carbocycles. The Hall–Kier alpha value is -2.40. The third-order valence-corrected chi connectivity index (χ3v) is 7.22. The normalized spacial score (nSPS) is 18.5. The van der Waals surface area contributed by atoms with Crippen LogP contribution in [0.15, 0.2) is 0 Å². The minimum absolute atomic E-state index is 0.0154. The molecule has 15 nitrogen and oxygen atoms in total. The molecule has 2 atom stereocenters. The molecular formula is C36H68N4O11. The van der Waals surface area contributed by atoms with Gasteiger partial charge in [0.05, 0.1) is 45.0 Å². The first-order valence-corrected chi connectivity index (χ1v) is 17.9. The lowest BCUT2D eigenvalue weighted by atomic mass is 10.1. The number of aliphatic hydroxyl groups excluding tert-OH is 2. The maximum atomic E-state index is 13.0. The number of rotatable bonds is 13. The first kappa shape index (κ1) is 46.6. The summed E-state index contributed by atoms with van der Waals surface area (Å²) >= 11 is 0. The van der Waals surface area contributed by atoms with Crippen LogP contribution in [0.1, 0.15) is 83.1 Å². The molecule has 0 aromatic carbocycles. The summed E-state index contributed by atoms with van der Waals surface area (Å²) in [5.41, 5.74) is -2.72. The SMILES string of the molecule is CC(C)(C)OC(=O)COC[C@H]([C@H](O)CO)N1CCN(CC(=O)OC(C)(C)C)CCN(CC(=O)OC(C)(C)C)CCN(CC(=O)OC(C)(C)C)CC1. The van der Waals surface area contributed by atoms with Gasteiger partial charge in [-0.1, -0.05) is 0 Å². The van der Waals surface area contributed by atoms with Crippen molar-refractivity contribution in [3.63, 3.8) is 0 Å². The van der Waals surface area contributed by atoms with Gasteiger partial charge in [0.25, 0.3) is 0 Å². The Bertz CT molecular complexity index is 1050. The average Bonchev–Trinajstić information content (AvgIpc) is 2.91. The van der Waals surface area contributed by atoms with Crippen LogP contribution in [0.25, 0.3) is 0 Å². The summed E-state index contributed by atoms with van der Waals surface area (Å²) in [6, 6.07) is -0.740. The zero-order valence-electron chi connectivity index (χ0n) is 33.4. The average molecular weight is 733 g/mol. The van der Waals surface area contributed by atoms with Gasteiger partial charge >= 0.3 is 23.9 Å². The van der Waals surface area contributed by atoms with E-state index in [0.717, 1.165) is 0 Å². The predicted molar refractivity (Wildman–Crippen MR) is 192 cm³/mol. The Kier molecular flexibility index (Phi) is 19.0. The second-order valence-electron chi connectivity index (χ2n) is 17.0. The molecule has 0 unspecified atom stereocenters. The highest BCUT2D eigenvalue weighted by Gasteiger charge is 2.30. The molecule has 0 spiro atoms. The highest BCUT2D eigenvalue weighted by molar-refractivity contribution is 5.73. The van der Waals surface area contributed by atoms with Crippen LogP contribution in [0.5, 0.6) is 0 Å². The predicted octanol–water partition coefficient (Wildman–Crippen LogP) is 1.31. The Morgan fingerprint density at radius 2 is 0.824 bits per heavy atom. The van der Waals surface area contributed by atoms with Crippen molar-refractivity contribution in [2.24, 2.45) is 0 Å². The Morgan fingerprint density at radius 1 is 0.529 bits per heavy atom. The minimum atomic E-state index is -1.22. The fraction of sp³-hybridized carbons (Fsp3) is 0.889. The highest BCUT2D eigenvalue weighted by Crippen LogP contribution is 2.14. The lowest BCUT2D eigenvalue weighted by Gasteiger charge is -2.38. The first-order chi connectivity index (χ1) is 23.2. The third kappa shape index (κ3) is 23.0. The second-order valence-corrected chi connectivity index (χ2v) is 17.0.